The highest BCUT2D eigenvalue weighted by Crippen LogP contribution is 2.23. The van der Waals surface area contributed by atoms with Gasteiger partial charge in [-0.15, -0.1) is 0 Å². The van der Waals surface area contributed by atoms with Crippen molar-refractivity contribution in [2.45, 2.75) is 20.0 Å². The second-order valence-electron chi connectivity index (χ2n) is 6.64. The van der Waals surface area contributed by atoms with Crippen molar-refractivity contribution in [2.24, 2.45) is 0 Å². The van der Waals surface area contributed by atoms with E-state index in [0.717, 1.165) is 5.69 Å². The topological polar surface area (TPSA) is 92.5 Å². The molecule has 8 heteroatoms. The van der Waals surface area contributed by atoms with E-state index in [1.807, 2.05) is 49.3 Å². The fourth-order valence-electron chi connectivity index (χ4n) is 2.63. The lowest BCUT2D eigenvalue weighted by Crippen LogP contribution is -2.24. The summed E-state index contributed by atoms with van der Waals surface area (Å²) in [6.07, 6.45) is -0.920. The zero-order valence-electron chi connectivity index (χ0n) is 16.3. The number of carbonyl (C=O) groups excluding carboxylic acids is 1. The molecule has 0 saturated carbocycles. The van der Waals surface area contributed by atoms with Crippen LogP contribution in [0.1, 0.15) is 13.8 Å². The van der Waals surface area contributed by atoms with Crippen LogP contribution in [0.5, 0.6) is 5.75 Å². The van der Waals surface area contributed by atoms with Gasteiger partial charge >= 0.3 is 12.1 Å². The molecule has 0 radical (unpaired) electrons. The van der Waals surface area contributed by atoms with Crippen LogP contribution in [0.4, 0.5) is 16.4 Å². The summed E-state index contributed by atoms with van der Waals surface area (Å²) >= 11 is 0. The molecule has 0 unspecified atom stereocenters. The van der Waals surface area contributed by atoms with Gasteiger partial charge in [-0.1, -0.05) is 18.2 Å². The number of fused-ring (bicyclic) bond motifs is 1. The summed E-state index contributed by atoms with van der Waals surface area (Å²) in [5, 5.41) is 11.1. The molecule has 0 spiro atoms. The van der Waals surface area contributed by atoms with Crippen molar-refractivity contribution in [3.05, 3.63) is 48.5 Å². The predicted molar refractivity (Wildman–Crippen MR) is 109 cm³/mol. The number of para-hydroxylation sites is 2. The number of nitrogens with zero attached hydrogens (tertiary/aromatic N) is 3. The summed E-state index contributed by atoms with van der Waals surface area (Å²) in [7, 11) is 3.85. The number of anilines is 2. The van der Waals surface area contributed by atoms with Gasteiger partial charge in [-0.05, 0) is 38.1 Å². The average Bonchev–Trinajstić information content (AvgIpc) is 2.98. The molecule has 3 aromatic rings. The van der Waals surface area contributed by atoms with E-state index in [1.165, 1.54) is 4.57 Å². The van der Waals surface area contributed by atoms with Crippen LogP contribution < -0.4 is 15.0 Å². The largest absolute Gasteiger partial charge is 0.447 e. The molecule has 0 fully saturated rings. The molecule has 1 heterocycles. The van der Waals surface area contributed by atoms with Gasteiger partial charge < -0.3 is 14.4 Å². The predicted octanol–water partition coefficient (Wildman–Crippen LogP) is 3.92. The Kier molecular flexibility index (Phi) is 5.49. The van der Waals surface area contributed by atoms with Crippen LogP contribution >= 0.6 is 0 Å². The smallest absolute Gasteiger partial charge is 0.414 e. The molecule has 0 saturated heterocycles. The van der Waals surface area contributed by atoms with Gasteiger partial charge in [0.15, 0.2) is 0 Å². The second-order valence-corrected chi connectivity index (χ2v) is 6.64. The number of ether oxygens (including phenoxy) is 2. The molecule has 0 atom stereocenters. The number of nitrogens with one attached hydrogen (secondary N) is 2. The van der Waals surface area contributed by atoms with Gasteiger partial charge in [0.2, 0.25) is 5.95 Å². The Morgan fingerprint density at radius 2 is 1.93 bits per heavy atom. The number of carbonyl (C=O) groups is 1. The Labute approximate surface area is 163 Å². The molecule has 1 amide bonds. The molecule has 0 bridgehead atoms. The Hall–Kier alpha value is -3.55. The maximum Gasteiger partial charge on any atom is 0.414 e. The first-order valence-corrected chi connectivity index (χ1v) is 8.84. The van der Waals surface area contributed by atoms with E-state index in [2.05, 4.69) is 10.3 Å². The number of amides is 1. The molecule has 0 aliphatic heterocycles. The number of benzene rings is 2. The van der Waals surface area contributed by atoms with Crippen molar-refractivity contribution in [3.63, 3.8) is 0 Å². The highest BCUT2D eigenvalue weighted by Gasteiger charge is 2.19. The van der Waals surface area contributed by atoms with Gasteiger partial charge in [-0.2, -0.15) is 0 Å². The lowest BCUT2D eigenvalue weighted by molar-refractivity contribution is 0.129. The normalized spacial score (nSPS) is 10.8. The molecule has 146 valence electrons. The fourth-order valence-corrected chi connectivity index (χ4v) is 2.63. The van der Waals surface area contributed by atoms with E-state index < -0.39 is 6.09 Å². The van der Waals surface area contributed by atoms with Gasteiger partial charge in [0.05, 0.1) is 17.1 Å². The van der Waals surface area contributed by atoms with Crippen molar-refractivity contribution >= 4 is 34.8 Å². The molecular weight excluding hydrogens is 358 g/mol. The lowest BCUT2D eigenvalue weighted by atomic mass is 10.3. The summed E-state index contributed by atoms with van der Waals surface area (Å²) in [4.78, 5) is 18.4. The van der Waals surface area contributed by atoms with E-state index in [-0.39, 0.29) is 18.1 Å². The van der Waals surface area contributed by atoms with Crippen molar-refractivity contribution < 1.29 is 14.3 Å². The zero-order valence-corrected chi connectivity index (χ0v) is 16.3. The maximum absolute atomic E-state index is 12.0. The van der Waals surface area contributed by atoms with Crippen LogP contribution in [0.15, 0.2) is 48.5 Å². The molecule has 8 nitrogen and oxygen atoms in total. The van der Waals surface area contributed by atoms with Crippen LogP contribution in [0.25, 0.3) is 11.0 Å². The first-order chi connectivity index (χ1) is 13.3. The molecule has 28 heavy (non-hydrogen) atoms. The average molecular weight is 381 g/mol. The van der Waals surface area contributed by atoms with Gasteiger partial charge in [0, 0.05) is 25.8 Å². The summed E-state index contributed by atoms with van der Waals surface area (Å²) in [5.74, 6) is 0.658. The summed E-state index contributed by atoms with van der Waals surface area (Å²) in [6.45, 7) is 3.51. The van der Waals surface area contributed by atoms with E-state index in [0.29, 0.717) is 16.8 Å². The minimum atomic E-state index is -0.644. The number of rotatable bonds is 4. The Morgan fingerprint density at radius 1 is 1.18 bits per heavy atom. The highest BCUT2D eigenvalue weighted by atomic mass is 16.6. The fraction of sp³-hybridized carbons (Fsp3) is 0.250. The second kappa shape index (κ2) is 7.99. The monoisotopic (exact) mass is 381 g/mol. The number of hydrogen-bond donors (Lipinski definition) is 2. The molecule has 2 N–H and O–H groups in total. The number of imidazole rings is 1. The molecule has 0 aliphatic rings. The third-order valence-corrected chi connectivity index (χ3v) is 3.87. The van der Waals surface area contributed by atoms with Crippen LogP contribution in [0.3, 0.4) is 0 Å². The van der Waals surface area contributed by atoms with Crippen molar-refractivity contribution in [3.8, 4) is 5.75 Å². The summed E-state index contributed by atoms with van der Waals surface area (Å²) in [5.41, 5.74) is 2.20. The Bertz CT molecular complexity index is 1010. The SMILES string of the molecule is CC(C)OC(=O)Nc1nc2ccccc2n1C(=N)Oc1cccc(N(C)C)c1. The highest BCUT2D eigenvalue weighted by molar-refractivity contribution is 5.95. The van der Waals surface area contributed by atoms with Gasteiger partial charge in [-0.3, -0.25) is 10.7 Å². The van der Waals surface area contributed by atoms with Crippen LogP contribution in [0.2, 0.25) is 0 Å². The minimum absolute atomic E-state index is 0.153. The molecule has 0 aliphatic carbocycles. The van der Waals surface area contributed by atoms with E-state index in [4.69, 9.17) is 14.9 Å². The minimum Gasteiger partial charge on any atom is -0.447 e. The Balaban J connectivity index is 1.94. The lowest BCUT2D eigenvalue weighted by Gasteiger charge is -2.15. The first-order valence-electron chi connectivity index (χ1n) is 8.84. The molecule has 3 rings (SSSR count). The third-order valence-electron chi connectivity index (χ3n) is 3.87. The summed E-state index contributed by atoms with van der Waals surface area (Å²) in [6, 6.07) is 14.5. The van der Waals surface area contributed by atoms with E-state index in [9.17, 15) is 4.79 Å². The van der Waals surface area contributed by atoms with Crippen LogP contribution in [-0.2, 0) is 4.74 Å². The van der Waals surface area contributed by atoms with Crippen LogP contribution in [0, 0.1) is 5.41 Å². The summed E-state index contributed by atoms with van der Waals surface area (Å²) < 4.78 is 12.3. The third kappa shape index (κ3) is 4.22. The number of hydrogen-bond acceptors (Lipinski definition) is 6. The molecule has 1 aromatic heterocycles. The van der Waals surface area contributed by atoms with Crippen LogP contribution in [-0.4, -0.2) is 41.9 Å². The van der Waals surface area contributed by atoms with E-state index >= 15 is 0 Å². The van der Waals surface area contributed by atoms with Gasteiger partial charge in [-0.25, -0.2) is 14.3 Å². The first kappa shape index (κ1) is 19.2. The maximum atomic E-state index is 12.0. The van der Waals surface area contributed by atoms with E-state index in [1.54, 1.807) is 32.0 Å². The standard InChI is InChI=1S/C20H23N5O3/c1-13(2)27-20(26)23-19-22-16-10-5-6-11-17(16)25(19)18(21)28-15-9-7-8-14(12-15)24(3)4/h5-13,21H,1-4H3,(H,22,23,26). The van der Waals surface area contributed by atoms with Crippen molar-refractivity contribution in [1.29, 1.82) is 5.41 Å². The quantitative estimate of drug-likeness (QED) is 0.528. The van der Waals surface area contributed by atoms with Gasteiger partial charge in [0.25, 0.3) is 0 Å². The number of aromatic nitrogens is 2. The molecule has 2 aromatic carbocycles. The Morgan fingerprint density at radius 3 is 2.64 bits per heavy atom. The van der Waals surface area contributed by atoms with Crippen molar-refractivity contribution in [1.82, 2.24) is 9.55 Å². The zero-order chi connectivity index (χ0) is 20.3. The van der Waals surface area contributed by atoms with Gasteiger partial charge in [0.1, 0.15) is 5.75 Å². The van der Waals surface area contributed by atoms with Crippen molar-refractivity contribution in [2.75, 3.05) is 24.3 Å². The molecular formula is C20H23N5O3.